The lowest BCUT2D eigenvalue weighted by molar-refractivity contribution is 0.429. The minimum absolute atomic E-state index is 0.957. The fourth-order valence-corrected chi connectivity index (χ4v) is 4.90. The van der Waals surface area contributed by atoms with Gasteiger partial charge >= 0.3 is 0 Å². The van der Waals surface area contributed by atoms with Gasteiger partial charge in [-0.1, -0.05) is 93.5 Å². The van der Waals surface area contributed by atoms with Crippen LogP contribution in [0.3, 0.4) is 0 Å². The zero-order valence-corrected chi connectivity index (χ0v) is 17.6. The van der Waals surface area contributed by atoms with Crippen LogP contribution in [-0.4, -0.2) is 5.71 Å². The van der Waals surface area contributed by atoms with Crippen molar-refractivity contribution in [2.75, 3.05) is 0 Å². The summed E-state index contributed by atoms with van der Waals surface area (Å²) in [4.78, 5) is 5.09. The molecule has 28 heavy (non-hydrogen) atoms. The summed E-state index contributed by atoms with van der Waals surface area (Å²) in [6.45, 7) is 2.21. The molecule has 1 nitrogen and oxygen atoms in total. The maximum atomic E-state index is 5.09. The zero-order valence-electron chi connectivity index (χ0n) is 17.6. The second-order valence-corrected chi connectivity index (χ2v) is 8.79. The predicted molar refractivity (Wildman–Crippen MR) is 121 cm³/mol. The average molecular weight is 374 g/mol. The molecule has 0 radical (unpaired) electrons. The van der Waals surface area contributed by atoms with Crippen molar-refractivity contribution in [3.05, 3.63) is 70.5 Å². The van der Waals surface area contributed by atoms with Gasteiger partial charge in [0.25, 0.3) is 0 Å². The number of hydrogen-bond donors (Lipinski definition) is 0. The van der Waals surface area contributed by atoms with Crippen molar-refractivity contribution in [2.45, 2.75) is 84.0 Å². The molecular formula is C27H35N. The number of allylic oxidation sites excluding steroid dienone is 5. The van der Waals surface area contributed by atoms with Gasteiger partial charge < -0.3 is 0 Å². The van der Waals surface area contributed by atoms with Crippen LogP contribution in [0.2, 0.25) is 0 Å². The van der Waals surface area contributed by atoms with Crippen molar-refractivity contribution in [1.82, 2.24) is 0 Å². The van der Waals surface area contributed by atoms with E-state index in [4.69, 9.17) is 4.99 Å². The van der Waals surface area contributed by atoms with Crippen LogP contribution >= 0.6 is 0 Å². The summed E-state index contributed by atoms with van der Waals surface area (Å²) in [6.07, 6.45) is 22.8. The number of rotatable bonds is 5. The largest absolute Gasteiger partial charge is 0.257 e. The molecule has 1 heteroatoms. The number of benzene rings is 1. The summed E-state index contributed by atoms with van der Waals surface area (Å²) in [7, 11) is 0. The standard InChI is InChI=1S/C27H35N/c1-2-21-11-15-24(16-12-21)27-20-18-25-17-13-23(14-19-26(25)28-27)10-9-22-7-5-3-4-6-8-22/h11-17,22H,2-10,18-20H2,1H3. The lowest BCUT2D eigenvalue weighted by atomic mass is 9.92. The van der Waals surface area contributed by atoms with Gasteiger partial charge in [-0.25, -0.2) is 0 Å². The summed E-state index contributed by atoms with van der Waals surface area (Å²) in [6, 6.07) is 9.01. The van der Waals surface area contributed by atoms with Crippen LogP contribution in [0.25, 0.3) is 0 Å². The fourth-order valence-electron chi connectivity index (χ4n) is 4.90. The van der Waals surface area contributed by atoms with Crippen LogP contribution < -0.4 is 0 Å². The summed E-state index contributed by atoms with van der Waals surface area (Å²) >= 11 is 0. The SMILES string of the molecule is CCc1ccc(C2=NC3=C(C=CC(CCC4CCCCCC4)=CC3)CC2)cc1. The first kappa shape index (κ1) is 19.4. The van der Waals surface area contributed by atoms with E-state index in [1.807, 2.05) is 0 Å². The molecule has 0 unspecified atom stereocenters. The lowest BCUT2D eigenvalue weighted by Gasteiger charge is -2.16. The first-order valence-corrected chi connectivity index (χ1v) is 11.6. The average Bonchev–Trinajstić information content (AvgIpc) is 3.13. The van der Waals surface area contributed by atoms with E-state index < -0.39 is 0 Å². The van der Waals surface area contributed by atoms with Crippen LogP contribution in [0, 0.1) is 5.92 Å². The zero-order chi connectivity index (χ0) is 19.2. The molecule has 1 saturated carbocycles. The van der Waals surface area contributed by atoms with Crippen molar-refractivity contribution in [3.63, 3.8) is 0 Å². The van der Waals surface area contributed by atoms with Gasteiger partial charge in [-0.05, 0) is 54.7 Å². The Morgan fingerprint density at radius 1 is 0.929 bits per heavy atom. The van der Waals surface area contributed by atoms with Gasteiger partial charge in [0.15, 0.2) is 0 Å². The van der Waals surface area contributed by atoms with Crippen LogP contribution in [0.15, 0.2) is 64.3 Å². The van der Waals surface area contributed by atoms with Crippen molar-refractivity contribution < 1.29 is 0 Å². The lowest BCUT2D eigenvalue weighted by Crippen LogP contribution is -2.08. The van der Waals surface area contributed by atoms with Gasteiger partial charge in [-0.3, -0.25) is 4.99 Å². The molecule has 0 atom stereocenters. The third-order valence-corrected chi connectivity index (χ3v) is 6.84. The van der Waals surface area contributed by atoms with Gasteiger partial charge in [0.1, 0.15) is 0 Å². The Balaban J connectivity index is 1.40. The molecule has 0 aromatic heterocycles. The van der Waals surface area contributed by atoms with E-state index in [1.54, 1.807) is 0 Å². The highest BCUT2D eigenvalue weighted by Crippen LogP contribution is 2.32. The number of hydrogen-bond acceptors (Lipinski definition) is 1. The predicted octanol–water partition coefficient (Wildman–Crippen LogP) is 7.72. The van der Waals surface area contributed by atoms with Crippen LogP contribution in [-0.2, 0) is 6.42 Å². The monoisotopic (exact) mass is 373 g/mol. The molecular weight excluding hydrogens is 338 g/mol. The van der Waals surface area contributed by atoms with Crippen LogP contribution in [0.5, 0.6) is 0 Å². The molecule has 1 aromatic carbocycles. The van der Waals surface area contributed by atoms with Crippen molar-refractivity contribution >= 4 is 5.71 Å². The Hall–Kier alpha value is -1.89. The second kappa shape index (κ2) is 9.54. The van der Waals surface area contributed by atoms with E-state index in [0.717, 1.165) is 31.6 Å². The maximum absolute atomic E-state index is 5.09. The molecule has 4 rings (SSSR count). The molecule has 1 fully saturated rings. The number of aryl methyl sites for hydroxylation is 1. The Labute approximate surface area is 171 Å². The molecule has 148 valence electrons. The summed E-state index contributed by atoms with van der Waals surface area (Å²) < 4.78 is 0. The van der Waals surface area contributed by atoms with E-state index in [9.17, 15) is 0 Å². The third kappa shape index (κ3) is 4.93. The molecule has 1 aliphatic heterocycles. The van der Waals surface area contributed by atoms with Crippen molar-refractivity contribution in [1.29, 1.82) is 0 Å². The number of aliphatic imine (C=N–C) groups is 1. The maximum Gasteiger partial charge on any atom is 0.0482 e. The molecule has 0 N–H and O–H groups in total. The Morgan fingerprint density at radius 3 is 2.46 bits per heavy atom. The van der Waals surface area contributed by atoms with E-state index in [1.165, 1.54) is 85.0 Å². The van der Waals surface area contributed by atoms with Gasteiger partial charge in [-0.2, -0.15) is 0 Å². The topological polar surface area (TPSA) is 12.4 Å². The Morgan fingerprint density at radius 2 is 1.71 bits per heavy atom. The van der Waals surface area contributed by atoms with E-state index in [2.05, 4.69) is 49.4 Å². The van der Waals surface area contributed by atoms with E-state index >= 15 is 0 Å². The molecule has 0 saturated heterocycles. The molecule has 3 aliphatic rings. The van der Waals surface area contributed by atoms with Gasteiger partial charge in [-0.15, -0.1) is 0 Å². The summed E-state index contributed by atoms with van der Waals surface area (Å²) in [5.41, 5.74) is 8.25. The molecule has 0 spiro atoms. The molecule has 1 aromatic rings. The Bertz CT molecular complexity index is 780. The molecule has 0 amide bonds. The van der Waals surface area contributed by atoms with E-state index in [0.29, 0.717) is 0 Å². The highest BCUT2D eigenvalue weighted by atomic mass is 14.8. The quantitative estimate of drug-likeness (QED) is 0.468. The molecule has 0 bridgehead atoms. The highest BCUT2D eigenvalue weighted by molar-refractivity contribution is 6.02. The summed E-state index contributed by atoms with van der Waals surface area (Å²) in [5, 5.41) is 0. The van der Waals surface area contributed by atoms with E-state index in [-0.39, 0.29) is 0 Å². The van der Waals surface area contributed by atoms with Gasteiger partial charge in [0, 0.05) is 17.8 Å². The first-order chi connectivity index (χ1) is 13.8. The van der Waals surface area contributed by atoms with Crippen LogP contribution in [0.1, 0.15) is 88.7 Å². The van der Waals surface area contributed by atoms with Crippen LogP contribution in [0.4, 0.5) is 0 Å². The molecule has 2 aliphatic carbocycles. The minimum atomic E-state index is 0.957. The van der Waals surface area contributed by atoms with Crippen molar-refractivity contribution in [2.24, 2.45) is 10.9 Å². The number of nitrogens with zero attached hydrogens (tertiary/aromatic N) is 1. The highest BCUT2D eigenvalue weighted by Gasteiger charge is 2.17. The smallest absolute Gasteiger partial charge is 0.0482 e. The summed E-state index contributed by atoms with van der Waals surface area (Å²) in [5.74, 6) is 0.957. The fraction of sp³-hybridized carbons (Fsp3) is 0.519. The van der Waals surface area contributed by atoms with Gasteiger partial charge in [0.05, 0.1) is 0 Å². The minimum Gasteiger partial charge on any atom is -0.257 e. The van der Waals surface area contributed by atoms with Gasteiger partial charge in [0.2, 0.25) is 0 Å². The molecule has 1 heterocycles. The third-order valence-electron chi connectivity index (χ3n) is 6.84. The van der Waals surface area contributed by atoms with Crippen molar-refractivity contribution in [3.8, 4) is 0 Å². The second-order valence-electron chi connectivity index (χ2n) is 8.79. The normalized spacial score (nSPS) is 20.9. The Kier molecular flexibility index (Phi) is 6.62. The first-order valence-electron chi connectivity index (χ1n) is 11.6.